The molecule has 0 atom stereocenters. The molecule has 0 aliphatic carbocycles. The fourth-order valence-electron chi connectivity index (χ4n) is 2.22. The van der Waals surface area contributed by atoms with Gasteiger partial charge in [0.05, 0.1) is 0 Å². The summed E-state index contributed by atoms with van der Waals surface area (Å²) < 4.78 is 13.1. The third-order valence-corrected chi connectivity index (χ3v) is 3.31. The predicted molar refractivity (Wildman–Crippen MR) is 83.7 cm³/mol. The summed E-state index contributed by atoms with van der Waals surface area (Å²) in [6, 6.07) is 19.6. The smallest absolute Gasteiger partial charge is 0.185 e. The van der Waals surface area contributed by atoms with Gasteiger partial charge in [0.25, 0.3) is 0 Å². The summed E-state index contributed by atoms with van der Waals surface area (Å²) >= 11 is 0. The van der Waals surface area contributed by atoms with Crippen LogP contribution < -0.4 is 0 Å². The average molecular weight is 276 g/mol. The summed E-state index contributed by atoms with van der Waals surface area (Å²) in [6.45, 7) is 0. The highest BCUT2D eigenvalue weighted by Crippen LogP contribution is 2.16. The van der Waals surface area contributed by atoms with Gasteiger partial charge in [-0.3, -0.25) is 4.79 Å². The number of ketones is 1. The molecular weight excluding hydrogens is 263 g/mol. The Hall–Kier alpha value is -2.74. The molecule has 3 aromatic carbocycles. The minimum atomic E-state index is -0.310. The van der Waals surface area contributed by atoms with Crippen LogP contribution in [0, 0.1) is 5.82 Å². The zero-order valence-corrected chi connectivity index (χ0v) is 11.3. The van der Waals surface area contributed by atoms with E-state index in [1.165, 1.54) is 18.2 Å². The Morgan fingerprint density at radius 1 is 0.857 bits per heavy atom. The average Bonchev–Trinajstić information content (AvgIpc) is 2.52. The first kappa shape index (κ1) is 13.3. The van der Waals surface area contributed by atoms with Crippen molar-refractivity contribution in [3.8, 4) is 0 Å². The lowest BCUT2D eigenvalue weighted by Crippen LogP contribution is -1.93. The lowest BCUT2D eigenvalue weighted by molar-refractivity contribution is 0.104. The molecule has 0 N–H and O–H groups in total. The largest absolute Gasteiger partial charge is 0.289 e. The molecule has 0 heterocycles. The molecule has 3 rings (SSSR count). The fourth-order valence-corrected chi connectivity index (χ4v) is 2.22. The van der Waals surface area contributed by atoms with E-state index < -0.39 is 0 Å². The topological polar surface area (TPSA) is 17.1 Å². The molecule has 0 amide bonds. The van der Waals surface area contributed by atoms with Gasteiger partial charge in [-0.05, 0) is 40.6 Å². The van der Waals surface area contributed by atoms with Crippen LogP contribution in [0.2, 0.25) is 0 Å². The van der Waals surface area contributed by atoms with Gasteiger partial charge >= 0.3 is 0 Å². The lowest BCUT2D eigenvalue weighted by Gasteiger charge is -2.00. The third-order valence-electron chi connectivity index (χ3n) is 3.31. The van der Waals surface area contributed by atoms with Crippen LogP contribution in [0.5, 0.6) is 0 Å². The van der Waals surface area contributed by atoms with E-state index in [9.17, 15) is 9.18 Å². The molecule has 0 bridgehead atoms. The predicted octanol–water partition coefficient (Wildman–Crippen LogP) is 4.88. The van der Waals surface area contributed by atoms with Gasteiger partial charge in [-0.15, -0.1) is 0 Å². The molecule has 0 unspecified atom stereocenters. The van der Waals surface area contributed by atoms with Crippen molar-refractivity contribution in [3.05, 3.63) is 89.8 Å². The van der Waals surface area contributed by atoms with Crippen molar-refractivity contribution < 1.29 is 9.18 Å². The quantitative estimate of drug-likeness (QED) is 0.492. The molecule has 0 spiro atoms. The maximum atomic E-state index is 13.1. The minimum Gasteiger partial charge on any atom is -0.289 e. The number of fused-ring (bicyclic) bond motifs is 1. The fraction of sp³-hybridized carbons (Fsp3) is 0. The van der Waals surface area contributed by atoms with E-state index in [1.54, 1.807) is 24.3 Å². The SMILES string of the molecule is O=C(/C=C/c1cccc(F)c1)c1ccc2ccccc2c1. The molecule has 0 radical (unpaired) electrons. The van der Waals surface area contributed by atoms with Crippen molar-refractivity contribution in [3.63, 3.8) is 0 Å². The Labute approximate surface area is 122 Å². The molecular formula is C19H13FO. The van der Waals surface area contributed by atoms with Crippen molar-refractivity contribution >= 4 is 22.6 Å². The number of rotatable bonds is 3. The minimum absolute atomic E-state index is 0.0926. The molecule has 2 heteroatoms. The zero-order chi connectivity index (χ0) is 14.7. The van der Waals surface area contributed by atoms with E-state index in [-0.39, 0.29) is 11.6 Å². The van der Waals surface area contributed by atoms with Gasteiger partial charge in [-0.1, -0.05) is 54.6 Å². The Balaban J connectivity index is 1.86. The van der Waals surface area contributed by atoms with Gasteiger partial charge in [0.2, 0.25) is 0 Å². The first-order valence-electron chi connectivity index (χ1n) is 6.69. The van der Waals surface area contributed by atoms with Crippen LogP contribution in [-0.4, -0.2) is 5.78 Å². The third kappa shape index (κ3) is 3.06. The first-order chi connectivity index (χ1) is 10.2. The highest BCUT2D eigenvalue weighted by molar-refractivity contribution is 6.08. The first-order valence-corrected chi connectivity index (χ1v) is 6.69. The molecule has 0 fully saturated rings. The van der Waals surface area contributed by atoms with Crippen molar-refractivity contribution in [1.82, 2.24) is 0 Å². The monoisotopic (exact) mass is 276 g/mol. The number of carbonyl (C=O) groups is 1. The van der Waals surface area contributed by atoms with E-state index in [0.29, 0.717) is 11.1 Å². The molecule has 0 saturated heterocycles. The highest BCUT2D eigenvalue weighted by atomic mass is 19.1. The Morgan fingerprint density at radius 2 is 1.67 bits per heavy atom. The Morgan fingerprint density at radius 3 is 2.48 bits per heavy atom. The number of carbonyl (C=O) groups excluding carboxylic acids is 1. The van der Waals surface area contributed by atoms with Gasteiger partial charge in [-0.25, -0.2) is 4.39 Å². The summed E-state index contributed by atoms with van der Waals surface area (Å²) in [5, 5.41) is 2.13. The molecule has 0 aromatic heterocycles. The summed E-state index contributed by atoms with van der Waals surface area (Å²) in [6.07, 6.45) is 3.10. The van der Waals surface area contributed by atoms with Crippen LogP contribution >= 0.6 is 0 Å². The maximum absolute atomic E-state index is 13.1. The molecule has 21 heavy (non-hydrogen) atoms. The van der Waals surface area contributed by atoms with E-state index in [2.05, 4.69) is 0 Å². The molecule has 102 valence electrons. The highest BCUT2D eigenvalue weighted by Gasteiger charge is 2.03. The van der Waals surface area contributed by atoms with E-state index in [1.807, 2.05) is 36.4 Å². The van der Waals surface area contributed by atoms with Crippen LogP contribution in [0.3, 0.4) is 0 Å². The normalized spacial score (nSPS) is 11.1. The van der Waals surface area contributed by atoms with E-state index in [4.69, 9.17) is 0 Å². The molecule has 1 nitrogen and oxygen atoms in total. The van der Waals surface area contributed by atoms with Gasteiger partial charge < -0.3 is 0 Å². The molecule has 0 saturated carbocycles. The summed E-state index contributed by atoms with van der Waals surface area (Å²) in [7, 11) is 0. The standard InChI is InChI=1S/C19H13FO/c20-18-7-3-4-14(12-18)8-11-19(21)17-10-9-15-5-1-2-6-16(15)13-17/h1-13H/b11-8+. The summed E-state index contributed by atoms with van der Waals surface area (Å²) in [4.78, 5) is 12.2. The van der Waals surface area contributed by atoms with Crippen LogP contribution in [0.4, 0.5) is 4.39 Å². The van der Waals surface area contributed by atoms with Crippen LogP contribution in [-0.2, 0) is 0 Å². The van der Waals surface area contributed by atoms with E-state index in [0.717, 1.165) is 10.8 Å². The number of halogens is 1. The lowest BCUT2D eigenvalue weighted by atomic mass is 10.0. The molecule has 3 aromatic rings. The van der Waals surface area contributed by atoms with Gasteiger partial charge in [0.15, 0.2) is 5.78 Å². The molecule has 0 aliphatic heterocycles. The van der Waals surface area contributed by atoms with Gasteiger partial charge in [0, 0.05) is 5.56 Å². The second kappa shape index (κ2) is 5.71. The summed E-state index contributed by atoms with van der Waals surface area (Å²) in [5.41, 5.74) is 1.30. The van der Waals surface area contributed by atoms with Crippen molar-refractivity contribution in [1.29, 1.82) is 0 Å². The second-order valence-corrected chi connectivity index (χ2v) is 4.81. The van der Waals surface area contributed by atoms with E-state index >= 15 is 0 Å². The van der Waals surface area contributed by atoms with Crippen molar-refractivity contribution in [2.24, 2.45) is 0 Å². The number of hydrogen-bond donors (Lipinski definition) is 0. The molecule has 0 aliphatic rings. The van der Waals surface area contributed by atoms with Gasteiger partial charge in [0.1, 0.15) is 5.82 Å². The van der Waals surface area contributed by atoms with Crippen molar-refractivity contribution in [2.75, 3.05) is 0 Å². The Bertz CT molecular complexity index is 834. The summed E-state index contributed by atoms with van der Waals surface area (Å²) in [5.74, 6) is -0.402. The van der Waals surface area contributed by atoms with Crippen LogP contribution in [0.1, 0.15) is 15.9 Å². The van der Waals surface area contributed by atoms with Crippen LogP contribution in [0.15, 0.2) is 72.8 Å². The van der Waals surface area contributed by atoms with Crippen LogP contribution in [0.25, 0.3) is 16.8 Å². The second-order valence-electron chi connectivity index (χ2n) is 4.81. The number of hydrogen-bond acceptors (Lipinski definition) is 1. The Kier molecular flexibility index (Phi) is 3.61. The zero-order valence-electron chi connectivity index (χ0n) is 11.3. The number of allylic oxidation sites excluding steroid dienone is 1. The maximum Gasteiger partial charge on any atom is 0.185 e. The van der Waals surface area contributed by atoms with Gasteiger partial charge in [-0.2, -0.15) is 0 Å². The van der Waals surface area contributed by atoms with Crippen molar-refractivity contribution in [2.45, 2.75) is 0 Å². The number of benzene rings is 3.